The van der Waals surface area contributed by atoms with Crippen LogP contribution in [0.2, 0.25) is 0 Å². The van der Waals surface area contributed by atoms with Gasteiger partial charge in [0.2, 0.25) is 0 Å². The highest BCUT2D eigenvalue weighted by molar-refractivity contribution is 5.68. The molecule has 0 spiro atoms. The summed E-state index contributed by atoms with van der Waals surface area (Å²) in [7, 11) is 1.83. The number of hydrogen-bond donors (Lipinski definition) is 1. The largest absolute Gasteiger partial charge is 0.450 e. The van der Waals surface area contributed by atoms with Gasteiger partial charge < -0.3 is 15.0 Å². The number of fused-ring (bicyclic) bond motifs is 1. The van der Waals surface area contributed by atoms with Gasteiger partial charge in [-0.25, -0.2) is 4.79 Å². The van der Waals surface area contributed by atoms with Gasteiger partial charge in [-0.1, -0.05) is 13.3 Å². The van der Waals surface area contributed by atoms with Crippen LogP contribution in [0.15, 0.2) is 30.5 Å². The number of hydrogen-bond acceptors (Lipinski definition) is 4. The molecule has 1 aliphatic heterocycles. The third kappa shape index (κ3) is 5.02. The van der Waals surface area contributed by atoms with Crippen molar-refractivity contribution in [2.75, 3.05) is 24.6 Å². The van der Waals surface area contributed by atoms with Gasteiger partial charge >= 0.3 is 12.3 Å². The lowest BCUT2D eigenvalue weighted by Crippen LogP contribution is -2.39. The van der Waals surface area contributed by atoms with E-state index in [1.807, 2.05) is 18.9 Å². The summed E-state index contributed by atoms with van der Waals surface area (Å²) in [4.78, 5) is 13.8. The first-order valence-electron chi connectivity index (χ1n) is 9.66. The topological polar surface area (TPSA) is 59.4 Å². The molecule has 0 saturated carbocycles. The number of unbranched alkanes of at least 4 members (excludes halogenated alkanes) is 1. The minimum Gasteiger partial charge on any atom is -0.450 e. The fourth-order valence-corrected chi connectivity index (χ4v) is 3.41. The number of anilines is 2. The summed E-state index contributed by atoms with van der Waals surface area (Å²) >= 11 is 0. The number of carbonyl (C=O) groups excluding carboxylic acids is 1. The van der Waals surface area contributed by atoms with Crippen molar-refractivity contribution in [3.8, 4) is 0 Å². The molecule has 0 bridgehead atoms. The lowest BCUT2D eigenvalue weighted by Gasteiger charge is -2.34. The molecule has 1 aromatic heterocycles. The van der Waals surface area contributed by atoms with Crippen molar-refractivity contribution in [2.24, 2.45) is 13.0 Å². The summed E-state index contributed by atoms with van der Waals surface area (Å²) in [5.41, 5.74) is 1.82. The predicted octanol–water partition coefficient (Wildman–Crippen LogP) is 4.28. The van der Waals surface area contributed by atoms with Gasteiger partial charge in [-0.3, -0.25) is 4.68 Å². The normalized spacial score (nSPS) is 16.4. The second-order valence-corrected chi connectivity index (χ2v) is 7.20. The molecule has 9 heteroatoms. The van der Waals surface area contributed by atoms with Crippen LogP contribution in [0.3, 0.4) is 0 Å². The molecule has 1 atom stereocenters. The van der Waals surface area contributed by atoms with Gasteiger partial charge in [-0.2, -0.15) is 18.3 Å². The molecule has 3 rings (SSSR count). The minimum absolute atomic E-state index is 0.0684. The standard InChI is InChI=1S/C20H25F3N4O2/c1-3-4-9-29-19(28)24-11-14-10-17-18(12-25-26(17)2)27(13-14)16-7-5-15(6-8-16)20(21,22)23/h5-8,12,14H,3-4,9-11,13H2,1-2H3,(H,24,28). The quantitative estimate of drug-likeness (QED) is 0.723. The minimum atomic E-state index is -4.37. The van der Waals surface area contributed by atoms with Crippen LogP contribution in [0.4, 0.5) is 29.3 Å². The first kappa shape index (κ1) is 21.0. The summed E-state index contributed by atoms with van der Waals surface area (Å²) in [6, 6.07) is 5.10. The SMILES string of the molecule is CCCCOC(=O)NCC1Cc2c(cnn2C)N(c2ccc(C(F)(F)F)cc2)C1. The zero-order chi connectivity index (χ0) is 21.0. The molecule has 0 radical (unpaired) electrons. The Morgan fingerprint density at radius 1 is 1.31 bits per heavy atom. The highest BCUT2D eigenvalue weighted by atomic mass is 19.4. The number of carbonyl (C=O) groups is 1. The van der Waals surface area contributed by atoms with Crippen LogP contribution in [-0.4, -0.2) is 35.6 Å². The van der Waals surface area contributed by atoms with E-state index in [9.17, 15) is 18.0 Å². The van der Waals surface area contributed by atoms with Crippen molar-refractivity contribution in [2.45, 2.75) is 32.4 Å². The number of amides is 1. The summed E-state index contributed by atoms with van der Waals surface area (Å²) in [5.74, 6) is 0.0684. The Morgan fingerprint density at radius 2 is 2.03 bits per heavy atom. The number of nitrogens with zero attached hydrogens (tertiary/aromatic N) is 3. The molecule has 1 amide bonds. The van der Waals surface area contributed by atoms with E-state index in [2.05, 4.69) is 10.4 Å². The highest BCUT2D eigenvalue weighted by Crippen LogP contribution is 2.37. The van der Waals surface area contributed by atoms with Crippen molar-refractivity contribution < 1.29 is 22.7 Å². The van der Waals surface area contributed by atoms with E-state index >= 15 is 0 Å². The average molecular weight is 410 g/mol. The first-order valence-corrected chi connectivity index (χ1v) is 9.66. The van der Waals surface area contributed by atoms with Gasteiger partial charge in [-0.15, -0.1) is 0 Å². The van der Waals surface area contributed by atoms with Gasteiger partial charge in [0.15, 0.2) is 0 Å². The van der Waals surface area contributed by atoms with E-state index in [0.717, 1.165) is 36.4 Å². The molecule has 1 aromatic carbocycles. The molecular weight excluding hydrogens is 385 g/mol. The maximum absolute atomic E-state index is 12.9. The number of rotatable bonds is 6. The Morgan fingerprint density at radius 3 is 2.69 bits per heavy atom. The number of benzene rings is 1. The number of aryl methyl sites for hydroxylation is 1. The summed E-state index contributed by atoms with van der Waals surface area (Å²) < 4.78 is 45.5. The van der Waals surface area contributed by atoms with E-state index in [0.29, 0.717) is 31.8 Å². The molecular formula is C20H25F3N4O2. The van der Waals surface area contributed by atoms with Crippen molar-refractivity contribution in [3.05, 3.63) is 41.7 Å². The number of alkyl halides is 3. The van der Waals surface area contributed by atoms with Crippen molar-refractivity contribution in [1.82, 2.24) is 15.1 Å². The Bertz CT molecular complexity index is 833. The molecule has 1 aliphatic rings. The van der Waals surface area contributed by atoms with Crippen LogP contribution in [0.5, 0.6) is 0 Å². The smallest absolute Gasteiger partial charge is 0.416 e. The number of halogens is 3. The molecule has 2 heterocycles. The molecule has 158 valence electrons. The Labute approximate surface area is 167 Å². The third-order valence-corrected chi connectivity index (χ3v) is 5.03. The number of nitrogens with one attached hydrogen (secondary N) is 1. The van der Waals surface area contributed by atoms with E-state index in [-0.39, 0.29) is 5.92 Å². The van der Waals surface area contributed by atoms with Crippen LogP contribution in [-0.2, 0) is 24.4 Å². The third-order valence-electron chi connectivity index (χ3n) is 5.03. The zero-order valence-electron chi connectivity index (χ0n) is 16.5. The number of ether oxygens (including phenoxy) is 1. The maximum atomic E-state index is 12.9. The first-order chi connectivity index (χ1) is 13.8. The van der Waals surface area contributed by atoms with Crippen LogP contribution >= 0.6 is 0 Å². The van der Waals surface area contributed by atoms with Crippen LogP contribution < -0.4 is 10.2 Å². The fraction of sp³-hybridized carbons (Fsp3) is 0.500. The van der Waals surface area contributed by atoms with E-state index in [1.165, 1.54) is 12.1 Å². The Kier molecular flexibility index (Phi) is 6.34. The van der Waals surface area contributed by atoms with Gasteiger partial charge in [0, 0.05) is 25.8 Å². The van der Waals surface area contributed by atoms with Gasteiger partial charge in [0.05, 0.1) is 29.7 Å². The van der Waals surface area contributed by atoms with Crippen molar-refractivity contribution >= 4 is 17.5 Å². The molecule has 1 N–H and O–H groups in total. The summed E-state index contributed by atoms with van der Waals surface area (Å²) in [6.45, 7) is 3.37. The van der Waals surface area contributed by atoms with Crippen LogP contribution in [0.1, 0.15) is 31.0 Å². The molecule has 2 aromatic rings. The Balaban J connectivity index is 1.73. The zero-order valence-corrected chi connectivity index (χ0v) is 16.5. The van der Waals surface area contributed by atoms with Gasteiger partial charge in [0.1, 0.15) is 0 Å². The van der Waals surface area contributed by atoms with Crippen LogP contribution in [0.25, 0.3) is 0 Å². The second-order valence-electron chi connectivity index (χ2n) is 7.20. The van der Waals surface area contributed by atoms with Crippen LogP contribution in [0, 0.1) is 5.92 Å². The second kappa shape index (κ2) is 8.75. The average Bonchev–Trinajstić information content (AvgIpc) is 3.06. The molecule has 0 saturated heterocycles. The number of aromatic nitrogens is 2. The molecule has 29 heavy (non-hydrogen) atoms. The van der Waals surface area contributed by atoms with E-state index < -0.39 is 17.8 Å². The van der Waals surface area contributed by atoms with Gasteiger partial charge in [-0.05, 0) is 43.0 Å². The highest BCUT2D eigenvalue weighted by Gasteiger charge is 2.32. The predicted molar refractivity (Wildman–Crippen MR) is 103 cm³/mol. The Hall–Kier alpha value is -2.71. The fourth-order valence-electron chi connectivity index (χ4n) is 3.41. The van der Waals surface area contributed by atoms with E-state index in [4.69, 9.17) is 4.74 Å². The monoisotopic (exact) mass is 410 g/mol. The van der Waals surface area contributed by atoms with Gasteiger partial charge in [0.25, 0.3) is 0 Å². The number of alkyl carbamates (subject to hydrolysis) is 1. The lowest BCUT2D eigenvalue weighted by molar-refractivity contribution is -0.137. The molecule has 6 nitrogen and oxygen atoms in total. The molecule has 1 unspecified atom stereocenters. The molecule has 0 fully saturated rings. The lowest BCUT2D eigenvalue weighted by atomic mass is 9.96. The van der Waals surface area contributed by atoms with Crippen molar-refractivity contribution in [1.29, 1.82) is 0 Å². The van der Waals surface area contributed by atoms with Crippen molar-refractivity contribution in [3.63, 3.8) is 0 Å². The summed E-state index contributed by atoms with van der Waals surface area (Å²) in [6.07, 6.45) is -0.633. The summed E-state index contributed by atoms with van der Waals surface area (Å²) in [5, 5.41) is 7.08. The van der Waals surface area contributed by atoms with E-state index in [1.54, 1.807) is 10.9 Å². The maximum Gasteiger partial charge on any atom is 0.416 e. The molecule has 0 aliphatic carbocycles.